The van der Waals surface area contributed by atoms with E-state index in [0.717, 1.165) is 37.3 Å². The van der Waals surface area contributed by atoms with Crippen LogP contribution in [-0.2, 0) is 11.2 Å². The molecule has 2 aliphatic rings. The Kier molecular flexibility index (Phi) is 7.28. The Hall–Kier alpha value is -2.22. The standard InChI is InChI=1S/C24H29ClFN3O3/c1-16-14-29(20(15-32-16)7-4-17-2-5-18(25)6-3-17)19-9-12-28(13-10-19)22-21(24(30)31)8-11-27-23(22)26/h2-3,5-6,8,11,16,19-20H,4,7,9-10,12-15H2,1H3,(H,30,31)/t16-,20-/m0/s1. The highest BCUT2D eigenvalue weighted by molar-refractivity contribution is 6.30. The number of carboxylic acids is 1. The molecule has 1 aromatic heterocycles. The molecular formula is C24H29ClFN3O3. The molecule has 0 radical (unpaired) electrons. The zero-order valence-electron chi connectivity index (χ0n) is 18.2. The highest BCUT2D eigenvalue weighted by Crippen LogP contribution is 2.30. The highest BCUT2D eigenvalue weighted by atomic mass is 35.5. The van der Waals surface area contributed by atoms with Gasteiger partial charge in [-0.3, -0.25) is 4.90 Å². The second-order valence-electron chi connectivity index (χ2n) is 8.68. The molecule has 8 heteroatoms. The van der Waals surface area contributed by atoms with E-state index in [2.05, 4.69) is 28.9 Å². The van der Waals surface area contributed by atoms with Crippen LogP contribution in [0.4, 0.5) is 10.1 Å². The van der Waals surface area contributed by atoms with Gasteiger partial charge < -0.3 is 14.7 Å². The summed E-state index contributed by atoms with van der Waals surface area (Å²) in [7, 11) is 0. The fourth-order valence-corrected chi connectivity index (χ4v) is 5.00. The average molecular weight is 462 g/mol. The number of anilines is 1. The van der Waals surface area contributed by atoms with Crippen LogP contribution in [0.15, 0.2) is 36.5 Å². The lowest BCUT2D eigenvalue weighted by Gasteiger charge is -2.46. The third-order valence-electron chi connectivity index (χ3n) is 6.55. The van der Waals surface area contributed by atoms with E-state index in [4.69, 9.17) is 16.3 Å². The second kappa shape index (κ2) is 10.1. The summed E-state index contributed by atoms with van der Waals surface area (Å²) in [5, 5.41) is 10.2. The van der Waals surface area contributed by atoms with Gasteiger partial charge in [-0.15, -0.1) is 0 Å². The molecular weight excluding hydrogens is 433 g/mol. The lowest BCUT2D eigenvalue weighted by atomic mass is 9.96. The number of nitrogens with zero attached hydrogens (tertiary/aromatic N) is 3. The number of aromatic nitrogens is 1. The Morgan fingerprint density at radius 2 is 1.97 bits per heavy atom. The Bertz CT molecular complexity index is 935. The summed E-state index contributed by atoms with van der Waals surface area (Å²) in [6, 6.07) is 10.0. The fourth-order valence-electron chi connectivity index (χ4n) is 4.87. The maximum atomic E-state index is 14.4. The number of hydrogen-bond acceptors (Lipinski definition) is 5. The van der Waals surface area contributed by atoms with Crippen molar-refractivity contribution in [1.82, 2.24) is 9.88 Å². The van der Waals surface area contributed by atoms with Gasteiger partial charge in [-0.1, -0.05) is 23.7 Å². The quantitative estimate of drug-likeness (QED) is 0.648. The molecule has 0 bridgehead atoms. The molecule has 32 heavy (non-hydrogen) atoms. The minimum Gasteiger partial charge on any atom is -0.478 e. The van der Waals surface area contributed by atoms with Crippen molar-refractivity contribution in [3.63, 3.8) is 0 Å². The van der Waals surface area contributed by atoms with Crippen LogP contribution in [0.1, 0.15) is 42.1 Å². The molecule has 0 amide bonds. The molecule has 2 fully saturated rings. The molecule has 6 nitrogen and oxygen atoms in total. The number of aryl methyl sites for hydroxylation is 1. The van der Waals surface area contributed by atoms with Crippen molar-refractivity contribution in [2.24, 2.45) is 0 Å². The molecule has 2 aromatic rings. The van der Waals surface area contributed by atoms with Crippen LogP contribution in [-0.4, -0.2) is 65.4 Å². The van der Waals surface area contributed by atoms with E-state index in [0.29, 0.717) is 31.8 Å². The zero-order chi connectivity index (χ0) is 22.7. The molecule has 0 spiro atoms. The lowest BCUT2D eigenvalue weighted by Crippen LogP contribution is -2.56. The molecule has 2 aliphatic heterocycles. The minimum atomic E-state index is -1.13. The first-order valence-corrected chi connectivity index (χ1v) is 11.5. The van der Waals surface area contributed by atoms with Gasteiger partial charge in [-0.25, -0.2) is 9.78 Å². The summed E-state index contributed by atoms with van der Waals surface area (Å²) in [4.78, 5) is 19.6. The van der Waals surface area contributed by atoms with E-state index in [9.17, 15) is 14.3 Å². The number of aromatic carboxylic acids is 1. The number of morpholine rings is 1. The number of piperidine rings is 1. The van der Waals surface area contributed by atoms with Crippen molar-refractivity contribution in [3.8, 4) is 0 Å². The normalized spacial score (nSPS) is 22.8. The van der Waals surface area contributed by atoms with Crippen molar-refractivity contribution < 1.29 is 19.0 Å². The van der Waals surface area contributed by atoms with E-state index >= 15 is 0 Å². The third kappa shape index (κ3) is 5.22. The van der Waals surface area contributed by atoms with Gasteiger partial charge in [0.05, 0.1) is 18.3 Å². The Balaban J connectivity index is 1.41. The Morgan fingerprint density at radius 1 is 1.25 bits per heavy atom. The fraction of sp³-hybridized carbons (Fsp3) is 0.500. The first-order chi connectivity index (χ1) is 15.4. The predicted octanol–water partition coefficient (Wildman–Crippen LogP) is 4.26. The van der Waals surface area contributed by atoms with Crippen LogP contribution < -0.4 is 4.90 Å². The van der Waals surface area contributed by atoms with Gasteiger partial charge in [0, 0.05) is 42.9 Å². The van der Waals surface area contributed by atoms with Gasteiger partial charge >= 0.3 is 5.97 Å². The third-order valence-corrected chi connectivity index (χ3v) is 6.80. The minimum absolute atomic E-state index is 0.0308. The molecule has 1 N–H and O–H groups in total. The van der Waals surface area contributed by atoms with Gasteiger partial charge in [-0.2, -0.15) is 4.39 Å². The monoisotopic (exact) mass is 461 g/mol. The molecule has 172 valence electrons. The van der Waals surface area contributed by atoms with Crippen LogP contribution in [0.2, 0.25) is 5.02 Å². The predicted molar refractivity (Wildman–Crippen MR) is 122 cm³/mol. The van der Waals surface area contributed by atoms with Crippen LogP contribution in [0.25, 0.3) is 0 Å². The molecule has 0 aliphatic carbocycles. The maximum absolute atomic E-state index is 14.4. The number of halogens is 2. The van der Waals surface area contributed by atoms with Crippen molar-refractivity contribution in [2.75, 3.05) is 31.1 Å². The summed E-state index contributed by atoms with van der Waals surface area (Å²) in [5.41, 5.74) is 1.33. The zero-order valence-corrected chi connectivity index (χ0v) is 19.0. The number of rotatable bonds is 6. The number of hydrogen-bond donors (Lipinski definition) is 1. The van der Waals surface area contributed by atoms with Crippen molar-refractivity contribution in [2.45, 2.75) is 50.8 Å². The smallest absolute Gasteiger partial charge is 0.338 e. The number of benzene rings is 1. The summed E-state index contributed by atoms with van der Waals surface area (Å²) in [6.07, 6.45) is 5.02. The van der Waals surface area contributed by atoms with E-state index in [-0.39, 0.29) is 17.4 Å². The SMILES string of the molecule is C[C@H]1CN(C2CCN(c3c(C(=O)O)ccnc3F)CC2)[C@@H](CCc2ccc(Cl)cc2)CO1. The summed E-state index contributed by atoms with van der Waals surface area (Å²) < 4.78 is 20.4. The summed E-state index contributed by atoms with van der Waals surface area (Å²) >= 11 is 6.00. The van der Waals surface area contributed by atoms with Gasteiger partial charge in [0.2, 0.25) is 5.95 Å². The number of pyridine rings is 1. The van der Waals surface area contributed by atoms with Gasteiger partial charge in [0.1, 0.15) is 5.69 Å². The van der Waals surface area contributed by atoms with E-state index < -0.39 is 11.9 Å². The number of carbonyl (C=O) groups is 1. The van der Waals surface area contributed by atoms with E-state index in [1.807, 2.05) is 17.0 Å². The van der Waals surface area contributed by atoms with E-state index in [1.165, 1.54) is 17.8 Å². The summed E-state index contributed by atoms with van der Waals surface area (Å²) in [5.74, 6) is -1.85. The molecule has 3 heterocycles. The van der Waals surface area contributed by atoms with Gasteiger partial charge in [0.25, 0.3) is 0 Å². The molecule has 2 atom stereocenters. The van der Waals surface area contributed by atoms with Gasteiger partial charge in [-0.05, 0) is 56.4 Å². The van der Waals surface area contributed by atoms with Crippen LogP contribution in [0, 0.1) is 5.95 Å². The topological polar surface area (TPSA) is 65.9 Å². The summed E-state index contributed by atoms with van der Waals surface area (Å²) in [6.45, 7) is 4.88. The Morgan fingerprint density at radius 3 is 2.66 bits per heavy atom. The number of ether oxygens (including phenoxy) is 1. The molecule has 1 aromatic carbocycles. The highest BCUT2D eigenvalue weighted by Gasteiger charge is 2.35. The molecule has 0 saturated carbocycles. The Labute approximate surface area is 192 Å². The largest absolute Gasteiger partial charge is 0.478 e. The first-order valence-electron chi connectivity index (χ1n) is 11.2. The molecule has 0 unspecified atom stereocenters. The molecule has 4 rings (SSSR count). The van der Waals surface area contributed by atoms with Crippen molar-refractivity contribution in [1.29, 1.82) is 0 Å². The van der Waals surface area contributed by atoms with Crippen molar-refractivity contribution >= 4 is 23.3 Å². The van der Waals surface area contributed by atoms with Crippen LogP contribution >= 0.6 is 11.6 Å². The maximum Gasteiger partial charge on any atom is 0.338 e. The van der Waals surface area contributed by atoms with Crippen LogP contribution in [0.5, 0.6) is 0 Å². The van der Waals surface area contributed by atoms with E-state index in [1.54, 1.807) is 0 Å². The van der Waals surface area contributed by atoms with Gasteiger partial charge in [0.15, 0.2) is 0 Å². The average Bonchev–Trinajstić information content (AvgIpc) is 2.79. The van der Waals surface area contributed by atoms with Crippen LogP contribution in [0.3, 0.4) is 0 Å². The second-order valence-corrected chi connectivity index (χ2v) is 9.12. The van der Waals surface area contributed by atoms with Crippen molar-refractivity contribution in [3.05, 3.63) is 58.6 Å². The molecule has 2 saturated heterocycles. The number of carboxylic acid groups (broad SMARTS) is 1. The lowest BCUT2D eigenvalue weighted by molar-refractivity contribution is -0.0767. The first kappa shape index (κ1) is 23.0.